The maximum Gasteiger partial charge on any atom is 0.229 e. The van der Waals surface area contributed by atoms with Gasteiger partial charge in [0.15, 0.2) is 0 Å². The molecule has 0 radical (unpaired) electrons. The molecule has 2 N–H and O–H groups in total. The summed E-state index contributed by atoms with van der Waals surface area (Å²) in [6.07, 6.45) is 0. The fraction of sp³-hybridized carbons (Fsp3) is 0.200. The van der Waals surface area contributed by atoms with Crippen LogP contribution >= 0.6 is 0 Å². The maximum atomic E-state index is 5.66. The van der Waals surface area contributed by atoms with Crippen LogP contribution in [0.5, 0.6) is 5.75 Å². The van der Waals surface area contributed by atoms with E-state index in [4.69, 9.17) is 4.74 Å². The van der Waals surface area contributed by atoms with Gasteiger partial charge in [0, 0.05) is 17.4 Å². The van der Waals surface area contributed by atoms with E-state index in [1.807, 2.05) is 62.4 Å². The van der Waals surface area contributed by atoms with Crippen molar-refractivity contribution in [1.29, 1.82) is 0 Å². The summed E-state index contributed by atoms with van der Waals surface area (Å²) >= 11 is 0. The summed E-state index contributed by atoms with van der Waals surface area (Å²) in [5.74, 6) is 2.08. The minimum absolute atomic E-state index is 0.561. The topological polar surface area (TPSA) is 59.1 Å². The lowest BCUT2D eigenvalue weighted by Gasteiger charge is -2.13. The Hall–Kier alpha value is -3.08. The third-order valence-corrected chi connectivity index (χ3v) is 3.70. The maximum absolute atomic E-state index is 5.66. The summed E-state index contributed by atoms with van der Waals surface area (Å²) in [6.45, 7) is 6.58. The summed E-state index contributed by atoms with van der Waals surface area (Å²) in [4.78, 5) is 9.05. The summed E-state index contributed by atoms with van der Waals surface area (Å²) < 4.78 is 5.66. The second kappa shape index (κ2) is 7.66. The van der Waals surface area contributed by atoms with Crippen LogP contribution in [0.15, 0.2) is 54.6 Å². The number of hydrogen-bond donors (Lipinski definition) is 2. The molecular weight excluding hydrogens is 312 g/mol. The second-order valence-electron chi connectivity index (χ2n) is 5.71. The zero-order valence-electron chi connectivity index (χ0n) is 14.7. The smallest absolute Gasteiger partial charge is 0.229 e. The van der Waals surface area contributed by atoms with Gasteiger partial charge in [-0.1, -0.05) is 30.3 Å². The van der Waals surface area contributed by atoms with Gasteiger partial charge in [-0.3, -0.25) is 0 Å². The predicted molar refractivity (Wildman–Crippen MR) is 102 cm³/mol. The van der Waals surface area contributed by atoms with E-state index in [2.05, 4.69) is 33.6 Å². The van der Waals surface area contributed by atoms with Crippen molar-refractivity contribution in [3.63, 3.8) is 0 Å². The first-order chi connectivity index (χ1) is 12.2. The molecule has 0 amide bonds. The highest BCUT2D eigenvalue weighted by Gasteiger charge is 2.07. The molecule has 0 aliphatic heterocycles. The van der Waals surface area contributed by atoms with Crippen LogP contribution in [0.2, 0.25) is 0 Å². The number of nitrogens with one attached hydrogen (secondary N) is 2. The number of para-hydroxylation sites is 3. The standard InChI is InChI=1S/C20H22N4O/c1-4-25-18-12-8-7-11-17(18)22-19-13-15(3)21-20(24-19)23-16-10-6-5-9-14(16)2/h5-13H,4H2,1-3H3,(H2,21,22,23,24). The van der Waals surface area contributed by atoms with Gasteiger partial charge in [0.1, 0.15) is 11.6 Å². The van der Waals surface area contributed by atoms with E-state index in [0.717, 1.165) is 34.2 Å². The third kappa shape index (κ3) is 4.26. The largest absolute Gasteiger partial charge is 0.492 e. The van der Waals surface area contributed by atoms with E-state index in [1.54, 1.807) is 0 Å². The van der Waals surface area contributed by atoms with E-state index < -0.39 is 0 Å². The zero-order chi connectivity index (χ0) is 17.6. The molecule has 0 bridgehead atoms. The van der Waals surface area contributed by atoms with Crippen LogP contribution in [0.4, 0.5) is 23.1 Å². The molecule has 0 fully saturated rings. The van der Waals surface area contributed by atoms with Crippen LogP contribution in [0.3, 0.4) is 0 Å². The first-order valence-electron chi connectivity index (χ1n) is 8.33. The van der Waals surface area contributed by atoms with Gasteiger partial charge in [-0.15, -0.1) is 0 Å². The molecule has 0 saturated carbocycles. The van der Waals surface area contributed by atoms with Crippen LogP contribution in [0.1, 0.15) is 18.2 Å². The Kier molecular flexibility index (Phi) is 5.14. The van der Waals surface area contributed by atoms with Gasteiger partial charge in [0.25, 0.3) is 0 Å². The molecule has 128 valence electrons. The molecule has 3 rings (SSSR count). The Bertz CT molecular complexity index is 864. The summed E-state index contributed by atoms with van der Waals surface area (Å²) in [6, 6.07) is 17.8. The lowest BCUT2D eigenvalue weighted by atomic mass is 10.2. The number of aromatic nitrogens is 2. The fourth-order valence-corrected chi connectivity index (χ4v) is 2.51. The number of hydrogen-bond acceptors (Lipinski definition) is 5. The molecule has 25 heavy (non-hydrogen) atoms. The third-order valence-electron chi connectivity index (χ3n) is 3.70. The number of rotatable bonds is 6. The summed E-state index contributed by atoms with van der Waals surface area (Å²) in [7, 11) is 0. The van der Waals surface area contributed by atoms with Crippen molar-refractivity contribution < 1.29 is 4.74 Å². The highest BCUT2D eigenvalue weighted by atomic mass is 16.5. The Balaban J connectivity index is 1.86. The lowest BCUT2D eigenvalue weighted by molar-refractivity contribution is 0.342. The molecule has 2 aromatic carbocycles. The predicted octanol–water partition coefficient (Wildman–Crippen LogP) is 4.98. The quantitative estimate of drug-likeness (QED) is 0.666. The number of anilines is 4. The van der Waals surface area contributed by atoms with Crippen molar-refractivity contribution in [3.05, 3.63) is 65.9 Å². The normalized spacial score (nSPS) is 10.4. The van der Waals surface area contributed by atoms with Crippen molar-refractivity contribution in [2.75, 3.05) is 17.2 Å². The van der Waals surface area contributed by atoms with Crippen LogP contribution in [-0.4, -0.2) is 16.6 Å². The van der Waals surface area contributed by atoms with Crippen molar-refractivity contribution in [2.24, 2.45) is 0 Å². The Morgan fingerprint density at radius 2 is 1.60 bits per heavy atom. The molecule has 0 spiro atoms. The summed E-state index contributed by atoms with van der Waals surface area (Å²) in [5, 5.41) is 6.61. The van der Waals surface area contributed by atoms with E-state index >= 15 is 0 Å². The Morgan fingerprint density at radius 3 is 2.36 bits per heavy atom. The number of benzene rings is 2. The van der Waals surface area contributed by atoms with Gasteiger partial charge in [-0.25, -0.2) is 4.98 Å². The molecule has 5 nitrogen and oxygen atoms in total. The lowest BCUT2D eigenvalue weighted by Crippen LogP contribution is -2.04. The average Bonchev–Trinajstić information content (AvgIpc) is 2.58. The van der Waals surface area contributed by atoms with E-state index in [1.165, 1.54) is 0 Å². The Labute approximate surface area is 148 Å². The van der Waals surface area contributed by atoms with Gasteiger partial charge in [-0.05, 0) is 44.5 Å². The van der Waals surface area contributed by atoms with Gasteiger partial charge < -0.3 is 15.4 Å². The molecule has 3 aromatic rings. The molecule has 1 heterocycles. The molecule has 1 aromatic heterocycles. The zero-order valence-corrected chi connectivity index (χ0v) is 14.7. The van der Waals surface area contributed by atoms with Crippen molar-refractivity contribution in [1.82, 2.24) is 9.97 Å². The minimum Gasteiger partial charge on any atom is -0.492 e. The van der Waals surface area contributed by atoms with E-state index in [9.17, 15) is 0 Å². The molecule has 0 unspecified atom stereocenters. The van der Waals surface area contributed by atoms with Crippen molar-refractivity contribution in [2.45, 2.75) is 20.8 Å². The molecule has 0 atom stereocenters. The van der Waals surface area contributed by atoms with Crippen LogP contribution in [-0.2, 0) is 0 Å². The number of aryl methyl sites for hydroxylation is 2. The van der Waals surface area contributed by atoms with Crippen molar-refractivity contribution in [3.8, 4) is 5.75 Å². The molecule has 5 heteroatoms. The van der Waals surface area contributed by atoms with E-state index in [0.29, 0.717) is 12.6 Å². The van der Waals surface area contributed by atoms with E-state index in [-0.39, 0.29) is 0 Å². The highest BCUT2D eigenvalue weighted by Crippen LogP contribution is 2.27. The molecule has 0 aliphatic carbocycles. The van der Waals surface area contributed by atoms with Crippen LogP contribution in [0.25, 0.3) is 0 Å². The second-order valence-corrected chi connectivity index (χ2v) is 5.71. The van der Waals surface area contributed by atoms with Gasteiger partial charge in [0.05, 0.1) is 12.3 Å². The molecular formula is C20H22N4O. The van der Waals surface area contributed by atoms with Gasteiger partial charge >= 0.3 is 0 Å². The molecule has 0 aliphatic rings. The van der Waals surface area contributed by atoms with Crippen LogP contribution in [0, 0.1) is 13.8 Å². The minimum atomic E-state index is 0.561. The fourth-order valence-electron chi connectivity index (χ4n) is 2.51. The summed E-state index contributed by atoms with van der Waals surface area (Å²) in [5.41, 5.74) is 3.89. The highest BCUT2D eigenvalue weighted by molar-refractivity contribution is 5.66. The number of nitrogens with zero attached hydrogens (tertiary/aromatic N) is 2. The van der Waals surface area contributed by atoms with Crippen LogP contribution < -0.4 is 15.4 Å². The molecule has 0 saturated heterocycles. The first-order valence-corrected chi connectivity index (χ1v) is 8.33. The van der Waals surface area contributed by atoms with Crippen molar-refractivity contribution >= 4 is 23.1 Å². The number of ether oxygens (including phenoxy) is 1. The Morgan fingerprint density at radius 1 is 0.880 bits per heavy atom. The SMILES string of the molecule is CCOc1ccccc1Nc1cc(C)nc(Nc2ccccc2C)n1. The van der Waals surface area contributed by atoms with Gasteiger partial charge in [0.2, 0.25) is 5.95 Å². The monoisotopic (exact) mass is 334 g/mol. The van der Waals surface area contributed by atoms with Gasteiger partial charge in [-0.2, -0.15) is 4.98 Å². The average molecular weight is 334 g/mol. The first kappa shape index (κ1) is 16.8.